The van der Waals surface area contributed by atoms with Crippen LogP contribution < -0.4 is 4.74 Å². The van der Waals surface area contributed by atoms with Crippen LogP contribution in [0.3, 0.4) is 0 Å². The van der Waals surface area contributed by atoms with Gasteiger partial charge in [0.1, 0.15) is 5.75 Å². The molecule has 6 heteroatoms. The maximum absolute atomic E-state index is 13.2. The smallest absolute Gasteiger partial charge is 0.254 e. The molecule has 0 bridgehead atoms. The first-order chi connectivity index (χ1) is 15.6. The maximum Gasteiger partial charge on any atom is 0.254 e. The molecule has 1 atom stereocenters. The zero-order chi connectivity index (χ0) is 22.5. The number of aromatic nitrogens is 1. The van der Waals surface area contributed by atoms with E-state index in [0.29, 0.717) is 31.6 Å². The summed E-state index contributed by atoms with van der Waals surface area (Å²) in [6, 6.07) is 19.4. The van der Waals surface area contributed by atoms with Crippen molar-refractivity contribution < 1.29 is 14.3 Å². The summed E-state index contributed by atoms with van der Waals surface area (Å²) in [6.07, 6.45) is 3.77. The minimum atomic E-state index is -0.329. The van der Waals surface area contributed by atoms with E-state index in [-0.39, 0.29) is 17.7 Å². The average molecular weight is 430 g/mol. The van der Waals surface area contributed by atoms with Gasteiger partial charge in [-0.1, -0.05) is 42.5 Å². The Labute approximate surface area is 188 Å². The first-order valence-electron chi connectivity index (χ1n) is 10.7. The number of carbonyl (C=O) groups excluding carboxylic acids is 2. The van der Waals surface area contributed by atoms with E-state index in [2.05, 4.69) is 17.1 Å². The number of nitrogens with zero attached hydrogens (tertiary/aromatic N) is 3. The lowest BCUT2D eigenvalue weighted by Gasteiger charge is -2.24. The molecule has 2 heterocycles. The van der Waals surface area contributed by atoms with Gasteiger partial charge in [-0.2, -0.15) is 0 Å². The van der Waals surface area contributed by atoms with Gasteiger partial charge in [-0.25, -0.2) is 0 Å². The third-order valence-corrected chi connectivity index (χ3v) is 5.97. The molecule has 1 saturated heterocycles. The van der Waals surface area contributed by atoms with Gasteiger partial charge in [0.15, 0.2) is 0 Å². The van der Waals surface area contributed by atoms with E-state index in [9.17, 15) is 9.59 Å². The molecule has 0 radical (unpaired) electrons. The molecule has 32 heavy (non-hydrogen) atoms. The molecule has 1 aliphatic heterocycles. The quantitative estimate of drug-likeness (QED) is 0.623. The summed E-state index contributed by atoms with van der Waals surface area (Å²) in [5.74, 6) is 0.450. The highest BCUT2D eigenvalue weighted by atomic mass is 16.5. The van der Waals surface area contributed by atoms with Crippen LogP contribution in [0.1, 0.15) is 15.9 Å². The third-order valence-electron chi connectivity index (χ3n) is 5.97. The topological polar surface area (TPSA) is 62.7 Å². The summed E-state index contributed by atoms with van der Waals surface area (Å²) in [4.78, 5) is 33.8. The summed E-state index contributed by atoms with van der Waals surface area (Å²) >= 11 is 0. The zero-order valence-electron chi connectivity index (χ0n) is 18.4. The lowest BCUT2D eigenvalue weighted by atomic mass is 9.91. The minimum absolute atomic E-state index is 0.0601. The first-order valence-corrected chi connectivity index (χ1v) is 10.7. The van der Waals surface area contributed by atoms with Gasteiger partial charge in [-0.05, 0) is 35.7 Å². The van der Waals surface area contributed by atoms with Crippen LogP contribution in [0.15, 0.2) is 73.1 Å². The molecule has 1 aromatic heterocycles. The summed E-state index contributed by atoms with van der Waals surface area (Å²) in [7, 11) is 3.47. The predicted molar refractivity (Wildman–Crippen MR) is 123 cm³/mol. The van der Waals surface area contributed by atoms with Crippen molar-refractivity contribution in [1.29, 1.82) is 0 Å². The molecule has 2 aromatic carbocycles. The molecular weight excluding hydrogens is 402 g/mol. The maximum atomic E-state index is 13.2. The van der Waals surface area contributed by atoms with Crippen LogP contribution in [0.4, 0.5) is 0 Å². The summed E-state index contributed by atoms with van der Waals surface area (Å²) in [6.45, 7) is 1.40. The normalized spacial score (nSPS) is 16.6. The van der Waals surface area contributed by atoms with E-state index in [1.807, 2.05) is 43.4 Å². The molecule has 4 rings (SSSR count). The molecule has 6 nitrogen and oxygen atoms in total. The number of likely N-dealkylation sites (N-methyl/N-ethyl adjacent to an activating group) is 1. The van der Waals surface area contributed by atoms with Crippen molar-refractivity contribution in [2.24, 2.45) is 5.92 Å². The fourth-order valence-corrected chi connectivity index (χ4v) is 4.24. The van der Waals surface area contributed by atoms with Gasteiger partial charge in [-0.15, -0.1) is 0 Å². The Balaban J connectivity index is 1.64. The highest BCUT2D eigenvalue weighted by Gasteiger charge is 2.31. The van der Waals surface area contributed by atoms with Crippen LogP contribution in [0.25, 0.3) is 11.1 Å². The first kappa shape index (κ1) is 21.6. The molecule has 0 unspecified atom stereocenters. The van der Waals surface area contributed by atoms with E-state index in [1.54, 1.807) is 41.4 Å². The van der Waals surface area contributed by atoms with E-state index < -0.39 is 0 Å². The Morgan fingerprint density at radius 3 is 2.44 bits per heavy atom. The number of hydrogen-bond donors (Lipinski definition) is 0. The van der Waals surface area contributed by atoms with E-state index in [0.717, 1.165) is 22.4 Å². The lowest BCUT2D eigenvalue weighted by Crippen LogP contribution is -2.37. The molecule has 3 aromatic rings. The van der Waals surface area contributed by atoms with E-state index >= 15 is 0 Å². The molecule has 0 N–H and O–H groups in total. The second kappa shape index (κ2) is 9.64. The van der Waals surface area contributed by atoms with Crippen molar-refractivity contribution in [2.75, 3.05) is 33.8 Å². The second-order valence-electron chi connectivity index (χ2n) is 8.01. The molecule has 0 aliphatic carbocycles. The summed E-state index contributed by atoms with van der Waals surface area (Å²) in [5, 5.41) is 0. The van der Waals surface area contributed by atoms with Crippen molar-refractivity contribution in [3.05, 3.63) is 84.2 Å². The molecule has 164 valence electrons. The Bertz CT molecular complexity index is 1100. The standard InChI is InChI=1S/C26H27N3O3/c1-28-15-16-29(26(31)19-11-13-27-14-12-19)18-21(25(28)30)17-20-7-3-4-8-22(20)23-9-5-6-10-24(23)32-2/h3-14,21H,15-18H2,1-2H3/t21-/m1/s1. The Hall–Kier alpha value is -3.67. The van der Waals surface area contributed by atoms with Crippen molar-refractivity contribution in [1.82, 2.24) is 14.8 Å². The van der Waals surface area contributed by atoms with Gasteiger partial charge in [0.05, 0.1) is 13.0 Å². The largest absolute Gasteiger partial charge is 0.496 e. The van der Waals surface area contributed by atoms with Gasteiger partial charge in [0, 0.05) is 50.2 Å². The van der Waals surface area contributed by atoms with E-state index in [4.69, 9.17) is 4.74 Å². The van der Waals surface area contributed by atoms with Gasteiger partial charge in [-0.3, -0.25) is 14.6 Å². The Morgan fingerprint density at radius 2 is 1.69 bits per heavy atom. The second-order valence-corrected chi connectivity index (χ2v) is 8.01. The fourth-order valence-electron chi connectivity index (χ4n) is 4.24. The van der Waals surface area contributed by atoms with Crippen LogP contribution in [0.5, 0.6) is 5.75 Å². The van der Waals surface area contributed by atoms with Crippen molar-refractivity contribution in [3.63, 3.8) is 0 Å². The summed E-state index contributed by atoms with van der Waals surface area (Å²) < 4.78 is 5.57. The fraction of sp³-hybridized carbons (Fsp3) is 0.269. The van der Waals surface area contributed by atoms with Crippen molar-refractivity contribution in [2.45, 2.75) is 6.42 Å². The highest BCUT2D eigenvalue weighted by molar-refractivity contribution is 5.94. The number of amides is 2. The average Bonchev–Trinajstić information content (AvgIpc) is 2.98. The highest BCUT2D eigenvalue weighted by Crippen LogP contribution is 2.33. The number of hydrogen-bond acceptors (Lipinski definition) is 4. The van der Waals surface area contributed by atoms with Crippen molar-refractivity contribution in [3.8, 4) is 16.9 Å². The molecule has 0 spiro atoms. The molecular formula is C26H27N3O3. The van der Waals surface area contributed by atoms with Gasteiger partial charge >= 0.3 is 0 Å². The Kier molecular flexibility index (Phi) is 6.50. The minimum Gasteiger partial charge on any atom is -0.496 e. The van der Waals surface area contributed by atoms with Crippen molar-refractivity contribution >= 4 is 11.8 Å². The number of methoxy groups -OCH3 is 1. The van der Waals surface area contributed by atoms with Crippen LogP contribution in [-0.2, 0) is 11.2 Å². The summed E-state index contributed by atoms with van der Waals surface area (Å²) in [5.41, 5.74) is 3.67. The molecule has 0 saturated carbocycles. The molecule has 1 fully saturated rings. The lowest BCUT2D eigenvalue weighted by molar-refractivity contribution is -0.133. The van der Waals surface area contributed by atoms with Crippen LogP contribution >= 0.6 is 0 Å². The number of para-hydroxylation sites is 1. The number of pyridine rings is 1. The SMILES string of the molecule is COc1ccccc1-c1ccccc1C[C@@H]1CN(C(=O)c2ccncc2)CCN(C)C1=O. The van der Waals surface area contributed by atoms with Crippen LogP contribution in [0, 0.1) is 5.92 Å². The third kappa shape index (κ3) is 4.49. The monoisotopic (exact) mass is 429 g/mol. The number of carbonyl (C=O) groups is 2. The predicted octanol–water partition coefficient (Wildman–Crippen LogP) is 3.53. The van der Waals surface area contributed by atoms with Gasteiger partial charge < -0.3 is 14.5 Å². The van der Waals surface area contributed by atoms with Gasteiger partial charge in [0.2, 0.25) is 5.91 Å². The van der Waals surface area contributed by atoms with Crippen LogP contribution in [-0.4, -0.2) is 60.4 Å². The molecule has 1 aliphatic rings. The number of benzene rings is 2. The Morgan fingerprint density at radius 1 is 1.00 bits per heavy atom. The van der Waals surface area contributed by atoms with Gasteiger partial charge in [0.25, 0.3) is 5.91 Å². The van der Waals surface area contributed by atoms with Crippen LogP contribution in [0.2, 0.25) is 0 Å². The van der Waals surface area contributed by atoms with E-state index in [1.165, 1.54) is 0 Å². The zero-order valence-corrected chi connectivity index (χ0v) is 18.4. The molecule has 2 amide bonds. The number of rotatable bonds is 5. The number of ether oxygens (including phenoxy) is 1.